The van der Waals surface area contributed by atoms with E-state index in [1.807, 2.05) is 0 Å². The van der Waals surface area contributed by atoms with Crippen LogP contribution >= 0.6 is 7.14 Å². The molecule has 0 N–H and O–H groups in total. The van der Waals surface area contributed by atoms with Gasteiger partial charge in [-0.05, 0) is 25.5 Å². The van der Waals surface area contributed by atoms with Crippen molar-refractivity contribution in [2.75, 3.05) is 13.3 Å². The summed E-state index contributed by atoms with van der Waals surface area (Å²) in [5.74, 6) is -0.577. The Hall–Kier alpha value is -1.49. The minimum Gasteiger partial charge on any atom is -0.427 e. The van der Waals surface area contributed by atoms with Crippen molar-refractivity contribution in [1.82, 2.24) is 0 Å². The second-order valence-corrected chi connectivity index (χ2v) is 6.86. The lowest BCUT2D eigenvalue weighted by atomic mass is 10.3. The molecule has 0 saturated carbocycles. The van der Waals surface area contributed by atoms with Crippen molar-refractivity contribution < 1.29 is 23.0 Å². The molecule has 1 aromatic rings. The molecule has 0 aliphatic carbocycles. The summed E-state index contributed by atoms with van der Waals surface area (Å²) in [6, 6.07) is 3.30. The van der Waals surface area contributed by atoms with Gasteiger partial charge in [-0.15, -0.1) is 0 Å². The molecule has 0 spiro atoms. The highest BCUT2D eigenvalue weighted by Crippen LogP contribution is 2.38. The maximum Gasteiger partial charge on any atom is 0.387 e. The molecule has 1 aromatic carbocycles. The minimum atomic E-state index is -3.17. The van der Waals surface area contributed by atoms with Gasteiger partial charge in [-0.2, -0.15) is 8.78 Å². The number of hydrogen-bond donors (Lipinski definition) is 0. The van der Waals surface area contributed by atoms with Crippen molar-refractivity contribution in [2.45, 2.75) is 6.61 Å². The van der Waals surface area contributed by atoms with Crippen LogP contribution in [0.2, 0.25) is 0 Å². The van der Waals surface area contributed by atoms with Crippen LogP contribution in [-0.2, 0) is 4.57 Å². The van der Waals surface area contributed by atoms with Crippen LogP contribution in [0.1, 0.15) is 0 Å². The Morgan fingerprint density at radius 3 is 2.41 bits per heavy atom. The van der Waals surface area contributed by atoms with E-state index < -0.39 is 30.1 Å². The fraction of sp³-hybridized carbons (Fsp3) is 0.333. The van der Waals surface area contributed by atoms with Crippen LogP contribution in [0.5, 0.6) is 5.75 Å². The zero-order valence-electron chi connectivity index (χ0n) is 9.09. The van der Waals surface area contributed by atoms with Gasteiger partial charge in [0.25, 0.3) is 0 Å². The van der Waals surface area contributed by atoms with Gasteiger partial charge in [-0.1, -0.05) is 0 Å². The van der Waals surface area contributed by atoms with Gasteiger partial charge in [-0.25, -0.2) is 0 Å². The molecule has 0 atom stereocenters. The number of hydrogen-bond acceptors (Lipinski definition) is 4. The molecule has 0 heterocycles. The number of rotatable bonds is 4. The van der Waals surface area contributed by atoms with E-state index in [1.165, 1.54) is 19.4 Å². The lowest BCUT2D eigenvalue weighted by Gasteiger charge is -2.10. The number of nitrogens with zero attached hydrogens (tertiary/aromatic N) is 1. The fourth-order valence-electron chi connectivity index (χ4n) is 1.18. The highest BCUT2D eigenvalue weighted by Gasteiger charge is 2.22. The van der Waals surface area contributed by atoms with E-state index in [2.05, 4.69) is 4.74 Å². The second kappa shape index (κ2) is 4.79. The summed E-state index contributed by atoms with van der Waals surface area (Å²) in [4.78, 5) is 9.74. The molecule has 0 amide bonds. The van der Waals surface area contributed by atoms with E-state index in [9.17, 15) is 23.5 Å². The maximum absolute atomic E-state index is 12.1. The largest absolute Gasteiger partial charge is 0.427 e. The van der Waals surface area contributed by atoms with E-state index in [0.29, 0.717) is 0 Å². The Morgan fingerprint density at radius 1 is 1.41 bits per heavy atom. The zero-order valence-corrected chi connectivity index (χ0v) is 9.99. The molecule has 1 rings (SSSR count). The lowest BCUT2D eigenvalue weighted by molar-refractivity contribution is -0.386. The Kier molecular flexibility index (Phi) is 3.83. The third kappa shape index (κ3) is 3.49. The number of halogens is 2. The highest BCUT2D eigenvalue weighted by atomic mass is 31.2. The molecule has 0 radical (unpaired) electrons. The molecule has 0 fully saturated rings. The fourth-order valence-corrected chi connectivity index (χ4v) is 2.04. The molecule has 17 heavy (non-hydrogen) atoms. The topological polar surface area (TPSA) is 69.4 Å². The minimum absolute atomic E-state index is 0.249. The smallest absolute Gasteiger partial charge is 0.387 e. The quantitative estimate of drug-likeness (QED) is 0.476. The SMILES string of the molecule is CP(C)(=O)c1ccc([N+](=O)[O-])c(OC(F)F)c1. The molecule has 0 aliphatic rings. The summed E-state index contributed by atoms with van der Waals surface area (Å²) in [5.41, 5.74) is -0.581. The lowest BCUT2D eigenvalue weighted by Crippen LogP contribution is -2.09. The van der Waals surface area contributed by atoms with Gasteiger partial charge < -0.3 is 9.30 Å². The zero-order chi connectivity index (χ0) is 13.2. The summed E-state index contributed by atoms with van der Waals surface area (Å²) >= 11 is 0. The molecule has 0 bridgehead atoms. The molecule has 0 unspecified atom stereocenters. The first-order chi connectivity index (χ1) is 7.71. The number of benzene rings is 1. The first kappa shape index (κ1) is 13.6. The predicted molar refractivity (Wildman–Crippen MR) is 58.8 cm³/mol. The number of nitro benzene ring substituents is 1. The van der Waals surface area contributed by atoms with Crippen LogP contribution in [0.25, 0.3) is 0 Å². The van der Waals surface area contributed by atoms with Gasteiger partial charge in [-0.3, -0.25) is 10.1 Å². The number of alkyl halides is 2. The van der Waals surface area contributed by atoms with Crippen molar-refractivity contribution in [3.8, 4) is 5.75 Å². The van der Waals surface area contributed by atoms with Crippen LogP contribution in [0.4, 0.5) is 14.5 Å². The van der Waals surface area contributed by atoms with Gasteiger partial charge in [0.05, 0.1) is 4.92 Å². The summed E-state index contributed by atoms with van der Waals surface area (Å²) in [6.45, 7) is -0.308. The molecule has 5 nitrogen and oxygen atoms in total. The van der Waals surface area contributed by atoms with Crippen molar-refractivity contribution in [3.05, 3.63) is 28.3 Å². The third-order valence-corrected chi connectivity index (χ3v) is 3.50. The van der Waals surface area contributed by atoms with E-state index in [4.69, 9.17) is 0 Å². The summed E-state index contributed by atoms with van der Waals surface area (Å²) in [5, 5.41) is 10.8. The molecule has 0 aliphatic heterocycles. The van der Waals surface area contributed by atoms with E-state index in [1.54, 1.807) is 0 Å². The van der Waals surface area contributed by atoms with Gasteiger partial charge in [0, 0.05) is 11.4 Å². The summed E-state index contributed by atoms with van der Waals surface area (Å²) < 4.78 is 39.9. The van der Waals surface area contributed by atoms with E-state index >= 15 is 0 Å². The average Bonchev–Trinajstić information content (AvgIpc) is 2.14. The van der Waals surface area contributed by atoms with Crippen molar-refractivity contribution in [1.29, 1.82) is 0 Å². The average molecular weight is 265 g/mol. The van der Waals surface area contributed by atoms with Crippen molar-refractivity contribution >= 4 is 18.1 Å². The van der Waals surface area contributed by atoms with Crippen LogP contribution in [0, 0.1) is 10.1 Å². The Labute approximate surface area is 95.9 Å². The van der Waals surface area contributed by atoms with Gasteiger partial charge in [0.2, 0.25) is 5.75 Å². The molecule has 0 saturated heterocycles. The Morgan fingerprint density at radius 2 is 2.00 bits per heavy atom. The number of nitro groups is 1. The third-order valence-electron chi connectivity index (χ3n) is 1.98. The van der Waals surface area contributed by atoms with E-state index in [0.717, 1.165) is 12.1 Å². The molecular weight excluding hydrogens is 255 g/mol. The summed E-state index contributed by atoms with van der Waals surface area (Å²) in [6.07, 6.45) is 0. The monoisotopic (exact) mass is 265 g/mol. The van der Waals surface area contributed by atoms with Crippen LogP contribution < -0.4 is 10.0 Å². The first-order valence-electron chi connectivity index (χ1n) is 4.50. The van der Waals surface area contributed by atoms with Gasteiger partial charge in [0.15, 0.2) is 0 Å². The summed E-state index contributed by atoms with van der Waals surface area (Å²) in [7, 11) is -2.69. The standard InChI is InChI=1S/C9H10F2NO4P/c1-17(2,15)6-3-4-7(12(13)14)8(5-6)16-9(10)11/h3-5,9H,1-2H3. The van der Waals surface area contributed by atoms with Crippen molar-refractivity contribution in [3.63, 3.8) is 0 Å². The molecular formula is C9H10F2NO4P. The van der Waals surface area contributed by atoms with Gasteiger partial charge in [0.1, 0.15) is 7.14 Å². The van der Waals surface area contributed by atoms with Gasteiger partial charge >= 0.3 is 12.3 Å². The number of ether oxygens (including phenoxy) is 1. The normalized spacial score (nSPS) is 11.6. The molecule has 8 heteroatoms. The Bertz CT molecular complexity index is 486. The second-order valence-electron chi connectivity index (χ2n) is 3.64. The van der Waals surface area contributed by atoms with Crippen molar-refractivity contribution in [2.24, 2.45) is 0 Å². The van der Waals surface area contributed by atoms with Crippen LogP contribution in [0.15, 0.2) is 18.2 Å². The van der Waals surface area contributed by atoms with Crippen LogP contribution in [-0.4, -0.2) is 24.9 Å². The predicted octanol–water partition coefficient (Wildman–Crippen LogP) is 2.44. The molecule has 0 aromatic heterocycles. The highest BCUT2D eigenvalue weighted by molar-refractivity contribution is 7.70. The maximum atomic E-state index is 12.1. The van der Waals surface area contributed by atoms with Crippen LogP contribution in [0.3, 0.4) is 0 Å². The first-order valence-corrected chi connectivity index (χ1v) is 7.10. The molecule has 94 valence electrons. The van der Waals surface area contributed by atoms with E-state index in [-0.39, 0.29) is 5.30 Å². The Balaban J connectivity index is 3.29.